The van der Waals surface area contributed by atoms with E-state index >= 15 is 0 Å². The summed E-state index contributed by atoms with van der Waals surface area (Å²) in [6.45, 7) is 2.52. The van der Waals surface area contributed by atoms with E-state index in [0.29, 0.717) is 5.56 Å². The van der Waals surface area contributed by atoms with Gasteiger partial charge in [0.05, 0.1) is 0 Å². The van der Waals surface area contributed by atoms with Crippen LogP contribution in [0.25, 0.3) is 0 Å². The molecule has 0 bridgehead atoms. The lowest BCUT2D eigenvalue weighted by Crippen LogP contribution is -2.28. The van der Waals surface area contributed by atoms with Crippen LogP contribution in [-0.2, 0) is 6.42 Å². The number of nitrogens with zero attached hydrogens (tertiary/aromatic N) is 1. The molecule has 0 radical (unpaired) electrons. The number of aryl methyl sites for hydroxylation is 1. The summed E-state index contributed by atoms with van der Waals surface area (Å²) in [6.07, 6.45) is 0.902. The Kier molecular flexibility index (Phi) is 2.75. The van der Waals surface area contributed by atoms with Gasteiger partial charge in [-0.1, -0.05) is 18.2 Å². The summed E-state index contributed by atoms with van der Waals surface area (Å²) >= 11 is 0. The Labute approximate surface area is 112 Å². The van der Waals surface area contributed by atoms with Crippen LogP contribution in [0.3, 0.4) is 0 Å². The zero-order valence-corrected chi connectivity index (χ0v) is 10.8. The number of rotatable bonds is 1. The average Bonchev–Trinajstić information content (AvgIpc) is 2.85. The van der Waals surface area contributed by atoms with Crippen LogP contribution < -0.4 is 4.90 Å². The van der Waals surface area contributed by atoms with E-state index in [1.807, 2.05) is 18.2 Å². The first-order chi connectivity index (χ1) is 9.16. The first-order valence-electron chi connectivity index (χ1n) is 6.36. The second kappa shape index (κ2) is 4.43. The number of anilines is 1. The summed E-state index contributed by atoms with van der Waals surface area (Å²) in [4.78, 5) is 14.3. The Morgan fingerprint density at radius 3 is 2.79 bits per heavy atom. The highest BCUT2D eigenvalue weighted by atomic mass is 16.3. The van der Waals surface area contributed by atoms with Crippen LogP contribution >= 0.6 is 0 Å². The Bertz CT molecular complexity index is 649. The summed E-state index contributed by atoms with van der Waals surface area (Å²) in [5.74, 6) is 0.214. The Morgan fingerprint density at radius 2 is 2.00 bits per heavy atom. The van der Waals surface area contributed by atoms with Crippen molar-refractivity contribution in [2.45, 2.75) is 13.3 Å². The SMILES string of the molecule is Cc1cc(C(=O)N2CCc3ccccc32)ccc1O. The van der Waals surface area contributed by atoms with Crippen molar-refractivity contribution in [2.24, 2.45) is 0 Å². The molecule has 1 N–H and O–H groups in total. The Balaban J connectivity index is 1.95. The number of benzene rings is 2. The smallest absolute Gasteiger partial charge is 0.258 e. The number of amides is 1. The van der Waals surface area contributed by atoms with Crippen molar-refractivity contribution in [3.05, 3.63) is 59.2 Å². The van der Waals surface area contributed by atoms with Gasteiger partial charge in [-0.25, -0.2) is 0 Å². The third-order valence-corrected chi connectivity index (χ3v) is 3.58. The van der Waals surface area contributed by atoms with Crippen LogP contribution in [0.5, 0.6) is 5.75 Å². The predicted octanol–water partition coefficient (Wildman–Crippen LogP) is 2.90. The highest BCUT2D eigenvalue weighted by Gasteiger charge is 2.25. The van der Waals surface area contributed by atoms with Gasteiger partial charge in [-0.2, -0.15) is 0 Å². The molecule has 19 heavy (non-hydrogen) atoms. The van der Waals surface area contributed by atoms with Crippen LogP contribution in [0.1, 0.15) is 21.5 Å². The molecule has 0 spiro atoms. The third kappa shape index (κ3) is 1.97. The van der Waals surface area contributed by atoms with Crippen LogP contribution in [0.2, 0.25) is 0 Å². The molecule has 0 aromatic heterocycles. The molecule has 0 unspecified atom stereocenters. The monoisotopic (exact) mass is 253 g/mol. The standard InChI is InChI=1S/C16H15NO2/c1-11-10-13(6-7-15(11)18)16(19)17-9-8-12-4-2-3-5-14(12)17/h2-7,10,18H,8-9H2,1H3. The van der Waals surface area contributed by atoms with Gasteiger partial charge < -0.3 is 10.0 Å². The van der Waals surface area contributed by atoms with E-state index in [9.17, 15) is 9.90 Å². The molecular formula is C16H15NO2. The van der Waals surface area contributed by atoms with Gasteiger partial charge in [0.2, 0.25) is 0 Å². The largest absolute Gasteiger partial charge is 0.508 e. The minimum atomic E-state index is -0.00644. The molecular weight excluding hydrogens is 238 g/mol. The summed E-state index contributed by atoms with van der Waals surface area (Å²) in [6, 6.07) is 13.0. The number of carbonyl (C=O) groups is 1. The van der Waals surface area contributed by atoms with Gasteiger partial charge in [-0.05, 0) is 48.7 Å². The van der Waals surface area contributed by atoms with E-state index in [1.165, 1.54) is 5.56 Å². The van der Waals surface area contributed by atoms with Gasteiger partial charge in [0.25, 0.3) is 5.91 Å². The van der Waals surface area contributed by atoms with Gasteiger partial charge in [-0.3, -0.25) is 4.79 Å². The molecule has 0 saturated heterocycles. The first-order valence-corrected chi connectivity index (χ1v) is 6.36. The number of phenolic OH excluding ortho intramolecular Hbond substituents is 1. The molecule has 2 aromatic carbocycles. The fraction of sp³-hybridized carbons (Fsp3) is 0.188. The predicted molar refractivity (Wildman–Crippen MR) is 74.7 cm³/mol. The fourth-order valence-corrected chi connectivity index (χ4v) is 2.49. The zero-order chi connectivity index (χ0) is 13.4. The van der Waals surface area contributed by atoms with Crippen molar-refractivity contribution < 1.29 is 9.90 Å². The van der Waals surface area contributed by atoms with Crippen molar-refractivity contribution in [3.8, 4) is 5.75 Å². The van der Waals surface area contributed by atoms with Gasteiger partial charge >= 0.3 is 0 Å². The quantitative estimate of drug-likeness (QED) is 0.849. The van der Waals surface area contributed by atoms with Gasteiger partial charge in [0.15, 0.2) is 0 Å². The maximum atomic E-state index is 12.5. The van der Waals surface area contributed by atoms with E-state index in [2.05, 4.69) is 6.07 Å². The lowest BCUT2D eigenvalue weighted by molar-refractivity contribution is 0.0989. The summed E-state index contributed by atoms with van der Waals surface area (Å²) < 4.78 is 0. The van der Waals surface area contributed by atoms with E-state index in [1.54, 1.807) is 30.0 Å². The number of hydrogen-bond acceptors (Lipinski definition) is 2. The molecule has 2 aromatic rings. The topological polar surface area (TPSA) is 40.5 Å². The van der Waals surface area contributed by atoms with E-state index in [-0.39, 0.29) is 11.7 Å². The second-order valence-corrected chi connectivity index (χ2v) is 4.84. The molecule has 0 fully saturated rings. The molecule has 1 heterocycles. The van der Waals surface area contributed by atoms with E-state index < -0.39 is 0 Å². The summed E-state index contributed by atoms with van der Waals surface area (Å²) in [5, 5.41) is 9.52. The van der Waals surface area contributed by atoms with Gasteiger partial charge in [0, 0.05) is 17.8 Å². The molecule has 3 rings (SSSR count). The normalized spacial score (nSPS) is 13.4. The van der Waals surface area contributed by atoms with E-state index in [4.69, 9.17) is 0 Å². The van der Waals surface area contributed by atoms with Crippen LogP contribution in [-0.4, -0.2) is 17.6 Å². The van der Waals surface area contributed by atoms with Crippen molar-refractivity contribution in [1.29, 1.82) is 0 Å². The number of carbonyl (C=O) groups excluding carboxylic acids is 1. The number of aromatic hydroxyl groups is 1. The molecule has 96 valence electrons. The lowest BCUT2D eigenvalue weighted by atomic mass is 10.1. The van der Waals surface area contributed by atoms with Crippen molar-refractivity contribution in [1.82, 2.24) is 0 Å². The van der Waals surface area contributed by atoms with Crippen molar-refractivity contribution in [2.75, 3.05) is 11.4 Å². The first kappa shape index (κ1) is 11.8. The maximum Gasteiger partial charge on any atom is 0.258 e. The molecule has 1 aliphatic heterocycles. The highest BCUT2D eigenvalue weighted by Crippen LogP contribution is 2.29. The fourth-order valence-electron chi connectivity index (χ4n) is 2.49. The minimum absolute atomic E-state index is 0.00644. The average molecular weight is 253 g/mol. The lowest BCUT2D eigenvalue weighted by Gasteiger charge is -2.17. The molecule has 0 saturated carbocycles. The second-order valence-electron chi connectivity index (χ2n) is 4.84. The van der Waals surface area contributed by atoms with Gasteiger partial charge in [-0.15, -0.1) is 0 Å². The molecule has 1 amide bonds. The summed E-state index contributed by atoms with van der Waals surface area (Å²) in [7, 11) is 0. The molecule has 0 aliphatic carbocycles. The van der Waals surface area contributed by atoms with Gasteiger partial charge in [0.1, 0.15) is 5.75 Å². The number of hydrogen-bond donors (Lipinski definition) is 1. The highest BCUT2D eigenvalue weighted by molar-refractivity contribution is 6.07. The van der Waals surface area contributed by atoms with Crippen molar-refractivity contribution in [3.63, 3.8) is 0 Å². The molecule has 0 atom stereocenters. The number of fused-ring (bicyclic) bond motifs is 1. The Hall–Kier alpha value is -2.29. The van der Waals surface area contributed by atoms with Crippen LogP contribution in [0.4, 0.5) is 5.69 Å². The van der Waals surface area contributed by atoms with Crippen molar-refractivity contribution >= 4 is 11.6 Å². The molecule has 1 aliphatic rings. The molecule has 3 heteroatoms. The Morgan fingerprint density at radius 1 is 1.21 bits per heavy atom. The number of para-hydroxylation sites is 1. The zero-order valence-electron chi connectivity index (χ0n) is 10.8. The maximum absolute atomic E-state index is 12.5. The third-order valence-electron chi connectivity index (χ3n) is 3.58. The number of phenols is 1. The van der Waals surface area contributed by atoms with E-state index in [0.717, 1.165) is 24.2 Å². The summed E-state index contributed by atoms with van der Waals surface area (Å²) in [5.41, 5.74) is 3.55. The molecule has 3 nitrogen and oxygen atoms in total. The van der Waals surface area contributed by atoms with Crippen LogP contribution in [0.15, 0.2) is 42.5 Å². The van der Waals surface area contributed by atoms with Crippen LogP contribution in [0, 0.1) is 6.92 Å². The minimum Gasteiger partial charge on any atom is -0.508 e.